The van der Waals surface area contributed by atoms with Crippen LogP contribution in [0.1, 0.15) is 60.8 Å². The fraction of sp³-hybridized carbons (Fsp3) is 0.618. The van der Waals surface area contributed by atoms with E-state index in [1.165, 1.54) is 0 Å². The summed E-state index contributed by atoms with van der Waals surface area (Å²) in [7, 11) is 0. The smallest absolute Gasteiger partial charge is 0.249 e. The van der Waals surface area contributed by atoms with Gasteiger partial charge >= 0.3 is 0 Å². The first-order valence-electron chi connectivity index (χ1n) is 15.9. The Labute approximate surface area is 255 Å². The second-order valence-electron chi connectivity index (χ2n) is 12.7. The van der Waals surface area contributed by atoms with Crippen molar-refractivity contribution in [3.63, 3.8) is 0 Å². The largest absolute Gasteiger partial charge is 0.494 e. The van der Waals surface area contributed by atoms with Gasteiger partial charge in [-0.15, -0.1) is 0 Å². The number of aliphatic hydroxyl groups is 1. The highest BCUT2D eigenvalue weighted by molar-refractivity contribution is 6.04. The van der Waals surface area contributed by atoms with E-state index >= 15 is 0 Å². The van der Waals surface area contributed by atoms with Gasteiger partial charge in [-0.3, -0.25) is 14.4 Å². The van der Waals surface area contributed by atoms with Gasteiger partial charge in [0.25, 0.3) is 0 Å². The van der Waals surface area contributed by atoms with Crippen LogP contribution < -0.4 is 9.64 Å². The van der Waals surface area contributed by atoms with Gasteiger partial charge in [-0.05, 0) is 56.9 Å². The molecule has 7 atom stereocenters. The summed E-state index contributed by atoms with van der Waals surface area (Å²) in [5.41, 5.74) is -1.71. The molecule has 2 fully saturated rings. The van der Waals surface area contributed by atoms with Gasteiger partial charge < -0.3 is 29.3 Å². The molecular weight excluding hydrogens is 546 g/mol. The Bertz CT molecular complexity index is 1280. The maximum atomic E-state index is 14.8. The number of hydrogen-bond acceptors (Lipinski definition) is 6. The summed E-state index contributed by atoms with van der Waals surface area (Å²) in [5.74, 6) is -1.89. The molecule has 1 aromatic rings. The Balaban J connectivity index is 1.65. The van der Waals surface area contributed by atoms with E-state index in [-0.39, 0.29) is 36.3 Å². The predicted octanol–water partition coefficient (Wildman–Crippen LogP) is 3.95. The molecule has 0 aliphatic carbocycles. The number of anilines is 1. The number of fused-ring (bicyclic) bond motifs is 2. The Kier molecular flexibility index (Phi) is 8.78. The molecule has 234 valence electrons. The SMILES string of the molecule is CCCC(C)N1CC=C[C@]23O[C@@]4(CC)C=CCN(c5ccc(OCC)cc5)C(=O)[C@H]4[C@H]2C(=O)N([C@@H](CO)C(C)C)C3C1=O. The topological polar surface area (TPSA) is 99.6 Å². The second kappa shape index (κ2) is 12.1. The summed E-state index contributed by atoms with van der Waals surface area (Å²) in [5, 5.41) is 10.5. The molecule has 2 unspecified atom stereocenters. The van der Waals surface area contributed by atoms with Crippen molar-refractivity contribution in [3.8, 4) is 5.75 Å². The molecule has 1 N–H and O–H groups in total. The highest BCUT2D eigenvalue weighted by atomic mass is 16.5. The first-order chi connectivity index (χ1) is 20.6. The zero-order valence-corrected chi connectivity index (χ0v) is 26.4. The summed E-state index contributed by atoms with van der Waals surface area (Å²) in [6, 6.07) is 5.77. The zero-order valence-electron chi connectivity index (χ0n) is 26.4. The van der Waals surface area contributed by atoms with Crippen LogP contribution in [-0.4, -0.2) is 88.3 Å². The molecular formula is C34H47N3O6. The van der Waals surface area contributed by atoms with E-state index < -0.39 is 35.1 Å². The molecule has 5 rings (SSSR count). The van der Waals surface area contributed by atoms with Gasteiger partial charge in [0, 0.05) is 24.8 Å². The summed E-state index contributed by atoms with van der Waals surface area (Å²) in [6.07, 6.45) is 9.91. The Morgan fingerprint density at radius 2 is 1.65 bits per heavy atom. The van der Waals surface area contributed by atoms with Crippen molar-refractivity contribution in [1.29, 1.82) is 0 Å². The highest BCUT2D eigenvalue weighted by Gasteiger charge is 2.76. The number of rotatable bonds is 10. The van der Waals surface area contributed by atoms with E-state index in [0.717, 1.165) is 12.8 Å². The molecule has 4 heterocycles. The number of benzene rings is 1. The first-order valence-corrected chi connectivity index (χ1v) is 15.9. The van der Waals surface area contributed by atoms with E-state index in [1.54, 1.807) is 9.80 Å². The van der Waals surface area contributed by atoms with Crippen LogP contribution in [-0.2, 0) is 19.1 Å². The number of likely N-dealkylation sites (tertiary alicyclic amines) is 1. The Hall–Kier alpha value is -3.17. The lowest BCUT2D eigenvalue weighted by Crippen LogP contribution is -2.60. The third kappa shape index (κ3) is 4.89. The van der Waals surface area contributed by atoms with Crippen molar-refractivity contribution < 1.29 is 29.0 Å². The first kappa shape index (κ1) is 31.3. The molecule has 43 heavy (non-hydrogen) atoms. The molecule has 0 aromatic heterocycles. The third-order valence-electron chi connectivity index (χ3n) is 9.92. The average molecular weight is 594 g/mol. The normalized spacial score (nSPS) is 31.6. The van der Waals surface area contributed by atoms with Gasteiger partial charge in [0.1, 0.15) is 17.4 Å². The number of amides is 3. The molecule has 9 heteroatoms. The summed E-state index contributed by atoms with van der Waals surface area (Å²) in [6.45, 7) is 12.9. The number of ether oxygens (including phenoxy) is 2. The minimum absolute atomic E-state index is 0.0383. The lowest BCUT2D eigenvalue weighted by molar-refractivity contribution is -0.157. The van der Waals surface area contributed by atoms with Gasteiger partial charge in [0.15, 0.2) is 0 Å². The number of aliphatic hydroxyl groups excluding tert-OH is 1. The molecule has 2 saturated heterocycles. The molecule has 0 saturated carbocycles. The van der Waals surface area contributed by atoms with Crippen molar-refractivity contribution in [3.05, 3.63) is 48.6 Å². The molecule has 4 aliphatic rings. The lowest BCUT2D eigenvalue weighted by atomic mass is 9.73. The van der Waals surface area contributed by atoms with Crippen molar-refractivity contribution >= 4 is 23.4 Å². The maximum absolute atomic E-state index is 14.8. The van der Waals surface area contributed by atoms with Crippen molar-refractivity contribution in [2.45, 2.75) is 90.1 Å². The minimum atomic E-state index is -1.35. The molecule has 1 spiro atoms. The van der Waals surface area contributed by atoms with Crippen LogP contribution in [0.4, 0.5) is 5.69 Å². The van der Waals surface area contributed by atoms with Gasteiger partial charge in [0.2, 0.25) is 17.7 Å². The molecule has 4 aliphatic heterocycles. The fourth-order valence-corrected chi connectivity index (χ4v) is 7.79. The van der Waals surface area contributed by atoms with Crippen LogP contribution in [0.5, 0.6) is 5.75 Å². The fourth-order valence-electron chi connectivity index (χ4n) is 7.79. The van der Waals surface area contributed by atoms with E-state index in [9.17, 15) is 19.5 Å². The Morgan fingerprint density at radius 3 is 2.26 bits per heavy atom. The molecule has 3 amide bonds. The maximum Gasteiger partial charge on any atom is 0.249 e. The lowest BCUT2D eigenvalue weighted by Gasteiger charge is -2.42. The van der Waals surface area contributed by atoms with Crippen LogP contribution in [0.3, 0.4) is 0 Å². The monoisotopic (exact) mass is 593 g/mol. The number of hydrogen-bond donors (Lipinski definition) is 1. The van der Waals surface area contributed by atoms with Gasteiger partial charge in [-0.25, -0.2) is 0 Å². The van der Waals surface area contributed by atoms with Crippen LogP contribution in [0, 0.1) is 17.8 Å². The predicted molar refractivity (Wildman–Crippen MR) is 164 cm³/mol. The highest BCUT2D eigenvalue weighted by Crippen LogP contribution is 2.59. The summed E-state index contributed by atoms with van der Waals surface area (Å²) in [4.78, 5) is 49.2. The number of carbonyl (C=O) groups is 3. The van der Waals surface area contributed by atoms with Crippen molar-refractivity contribution in [2.24, 2.45) is 17.8 Å². The summed E-state index contributed by atoms with van der Waals surface area (Å²) >= 11 is 0. The molecule has 0 radical (unpaired) electrons. The molecule has 0 bridgehead atoms. The van der Waals surface area contributed by atoms with Crippen molar-refractivity contribution in [2.75, 3.05) is 31.2 Å². The third-order valence-corrected chi connectivity index (χ3v) is 9.92. The standard InChI is InChI=1S/C34H47N3O6/c1-7-12-23(6)35-19-11-18-34-28(31(40)37(29(34)32(35)41)26(21-38)22(4)5)27-30(39)36(20-10-17-33(27,8-2)43-34)24-13-15-25(16-14-24)42-9-3/h10-11,13-18,22-23,26-29,38H,7-9,12,19-21H2,1-6H3/t23?,26-,27+,28-,29?,33-,34-/m0/s1. The zero-order chi connectivity index (χ0) is 31.1. The van der Waals surface area contributed by atoms with Crippen LogP contribution in [0.15, 0.2) is 48.6 Å². The Morgan fingerprint density at radius 1 is 0.953 bits per heavy atom. The van der Waals surface area contributed by atoms with Gasteiger partial charge in [-0.2, -0.15) is 0 Å². The summed E-state index contributed by atoms with van der Waals surface area (Å²) < 4.78 is 12.7. The average Bonchev–Trinajstić information content (AvgIpc) is 3.27. The van der Waals surface area contributed by atoms with Gasteiger partial charge in [-0.1, -0.05) is 58.4 Å². The quantitative estimate of drug-likeness (QED) is 0.413. The van der Waals surface area contributed by atoms with E-state index in [4.69, 9.17) is 9.47 Å². The molecule has 1 aromatic carbocycles. The van der Waals surface area contributed by atoms with E-state index in [2.05, 4.69) is 6.92 Å². The van der Waals surface area contributed by atoms with Crippen LogP contribution >= 0.6 is 0 Å². The second-order valence-corrected chi connectivity index (χ2v) is 12.7. The number of nitrogens with zero attached hydrogens (tertiary/aromatic N) is 3. The van der Waals surface area contributed by atoms with E-state index in [0.29, 0.717) is 37.6 Å². The van der Waals surface area contributed by atoms with E-state index in [1.807, 2.05) is 88.1 Å². The van der Waals surface area contributed by atoms with Crippen molar-refractivity contribution in [1.82, 2.24) is 9.80 Å². The van der Waals surface area contributed by atoms with Crippen LogP contribution in [0.25, 0.3) is 0 Å². The minimum Gasteiger partial charge on any atom is -0.494 e. The number of carbonyl (C=O) groups excluding carboxylic acids is 3. The molecule has 9 nitrogen and oxygen atoms in total. The van der Waals surface area contributed by atoms with Gasteiger partial charge in [0.05, 0.1) is 36.7 Å². The van der Waals surface area contributed by atoms with Crippen LogP contribution in [0.2, 0.25) is 0 Å².